The van der Waals surface area contributed by atoms with E-state index < -0.39 is 17.4 Å². The van der Waals surface area contributed by atoms with Gasteiger partial charge in [-0.05, 0) is 44.3 Å². The van der Waals surface area contributed by atoms with Crippen molar-refractivity contribution in [3.63, 3.8) is 0 Å². The molecule has 3 heterocycles. The van der Waals surface area contributed by atoms with Gasteiger partial charge < -0.3 is 5.32 Å². The van der Waals surface area contributed by atoms with Crippen LogP contribution in [0.25, 0.3) is 0 Å². The van der Waals surface area contributed by atoms with E-state index in [9.17, 15) is 14.4 Å². The van der Waals surface area contributed by atoms with Gasteiger partial charge in [0.05, 0.1) is 11.8 Å². The van der Waals surface area contributed by atoms with E-state index in [0.717, 1.165) is 54.7 Å². The summed E-state index contributed by atoms with van der Waals surface area (Å²) in [6.45, 7) is 1.99. The van der Waals surface area contributed by atoms with E-state index >= 15 is 0 Å². The summed E-state index contributed by atoms with van der Waals surface area (Å²) >= 11 is 1.72. The zero-order valence-corrected chi connectivity index (χ0v) is 17.7. The number of carbonyl (C=O) groups excluding carboxylic acids is 3. The van der Waals surface area contributed by atoms with E-state index in [2.05, 4.69) is 10.6 Å². The van der Waals surface area contributed by atoms with Crippen LogP contribution in [-0.2, 0) is 19.9 Å². The third-order valence-electron chi connectivity index (χ3n) is 7.23. The van der Waals surface area contributed by atoms with Gasteiger partial charge in [-0.25, -0.2) is 0 Å². The molecule has 6 nitrogen and oxygen atoms in total. The third kappa shape index (κ3) is 2.56. The number of likely N-dealkylation sites (tertiary alicyclic amines) is 1. The molecule has 0 bridgehead atoms. The molecule has 0 aromatic heterocycles. The van der Waals surface area contributed by atoms with Gasteiger partial charge in [-0.1, -0.05) is 30.5 Å². The summed E-state index contributed by atoms with van der Waals surface area (Å²) in [5.74, 6) is -0.677. The molecule has 4 aliphatic rings. The van der Waals surface area contributed by atoms with Crippen molar-refractivity contribution in [3.05, 3.63) is 29.3 Å². The van der Waals surface area contributed by atoms with E-state index in [4.69, 9.17) is 0 Å². The van der Waals surface area contributed by atoms with Crippen LogP contribution in [-0.4, -0.2) is 46.7 Å². The van der Waals surface area contributed by atoms with Crippen LogP contribution < -0.4 is 10.6 Å². The van der Waals surface area contributed by atoms with Crippen LogP contribution in [0, 0.1) is 18.8 Å². The van der Waals surface area contributed by atoms with Crippen LogP contribution in [0.3, 0.4) is 0 Å². The highest BCUT2D eigenvalue weighted by molar-refractivity contribution is 7.98. The predicted molar refractivity (Wildman–Crippen MR) is 112 cm³/mol. The number of benzene rings is 1. The van der Waals surface area contributed by atoms with Crippen LogP contribution in [0.5, 0.6) is 0 Å². The average Bonchev–Trinajstić information content (AvgIpc) is 3.43. The van der Waals surface area contributed by atoms with Crippen molar-refractivity contribution < 1.29 is 14.4 Å². The minimum Gasteiger partial charge on any atom is -0.324 e. The number of hydrogen-bond donors (Lipinski definition) is 2. The molecule has 29 heavy (non-hydrogen) atoms. The summed E-state index contributed by atoms with van der Waals surface area (Å²) in [6.07, 6.45) is 6.67. The molecule has 154 valence electrons. The van der Waals surface area contributed by atoms with Gasteiger partial charge >= 0.3 is 0 Å². The van der Waals surface area contributed by atoms with Crippen molar-refractivity contribution in [1.82, 2.24) is 10.2 Å². The Morgan fingerprint density at radius 1 is 1.17 bits per heavy atom. The molecule has 5 rings (SSSR count). The Bertz CT molecular complexity index is 897. The van der Waals surface area contributed by atoms with Gasteiger partial charge in [0, 0.05) is 23.3 Å². The van der Waals surface area contributed by atoms with Crippen molar-refractivity contribution in [2.75, 3.05) is 17.3 Å². The monoisotopic (exact) mass is 413 g/mol. The Hall–Kier alpha value is -1.86. The smallest absolute Gasteiger partial charge is 0.250 e. The summed E-state index contributed by atoms with van der Waals surface area (Å²) in [7, 11) is 0. The van der Waals surface area contributed by atoms with Gasteiger partial charge in [0.2, 0.25) is 17.7 Å². The highest BCUT2D eigenvalue weighted by Crippen LogP contribution is 2.54. The molecule has 0 unspecified atom stereocenters. The molecular formula is C22H27N3O3S. The first-order valence-corrected chi connectivity index (χ1v) is 11.9. The topological polar surface area (TPSA) is 78.5 Å². The Morgan fingerprint density at radius 3 is 2.66 bits per heavy atom. The lowest BCUT2D eigenvalue weighted by Gasteiger charge is -2.31. The Balaban J connectivity index is 1.63. The fraction of sp³-hybridized carbons (Fsp3) is 0.591. The molecule has 1 aliphatic carbocycles. The predicted octanol–water partition coefficient (Wildman–Crippen LogP) is 2.41. The lowest BCUT2D eigenvalue weighted by Crippen LogP contribution is -2.54. The molecular weight excluding hydrogens is 386 g/mol. The number of imide groups is 1. The molecule has 0 radical (unpaired) electrons. The number of aryl methyl sites for hydroxylation is 1. The van der Waals surface area contributed by atoms with Crippen molar-refractivity contribution in [2.45, 2.75) is 56.7 Å². The number of amides is 3. The number of rotatable bonds is 4. The largest absolute Gasteiger partial charge is 0.324 e. The molecule has 1 aromatic carbocycles. The van der Waals surface area contributed by atoms with Gasteiger partial charge in [0.1, 0.15) is 5.54 Å². The van der Waals surface area contributed by atoms with Crippen molar-refractivity contribution >= 4 is 35.2 Å². The Labute approximate surface area is 175 Å². The van der Waals surface area contributed by atoms with Crippen LogP contribution >= 0.6 is 11.8 Å². The third-order valence-corrected chi connectivity index (χ3v) is 7.87. The SMILES string of the molecule is CSCC[C@H]1N[C@@]2(C(=O)Nc3ccc(C)cc32)[C@@H]2C(=O)N(C3CCCC3)C(=O)[C@@H]21. The Morgan fingerprint density at radius 2 is 1.93 bits per heavy atom. The fourth-order valence-electron chi connectivity index (χ4n) is 5.95. The molecule has 2 saturated heterocycles. The van der Waals surface area contributed by atoms with Gasteiger partial charge in [0.25, 0.3) is 0 Å². The van der Waals surface area contributed by atoms with Crippen LogP contribution in [0.1, 0.15) is 43.2 Å². The summed E-state index contributed by atoms with van der Waals surface area (Å²) in [5.41, 5.74) is 1.46. The second kappa shape index (κ2) is 6.84. The number of fused-ring (bicyclic) bond motifs is 4. The van der Waals surface area contributed by atoms with Crippen LogP contribution in [0.15, 0.2) is 18.2 Å². The maximum Gasteiger partial charge on any atom is 0.250 e. The maximum atomic E-state index is 13.7. The van der Waals surface area contributed by atoms with Gasteiger partial charge in [-0.2, -0.15) is 11.8 Å². The van der Waals surface area contributed by atoms with Crippen molar-refractivity contribution in [1.29, 1.82) is 0 Å². The molecule has 1 aromatic rings. The lowest BCUT2D eigenvalue weighted by atomic mass is 9.76. The minimum atomic E-state index is -1.14. The summed E-state index contributed by atoms with van der Waals surface area (Å²) in [5, 5.41) is 6.49. The number of nitrogens with zero attached hydrogens (tertiary/aromatic N) is 1. The van der Waals surface area contributed by atoms with Crippen molar-refractivity contribution in [3.8, 4) is 0 Å². The molecule has 3 fully saturated rings. The molecule has 3 aliphatic heterocycles. The molecule has 4 atom stereocenters. The first-order valence-electron chi connectivity index (χ1n) is 10.5. The second-order valence-corrected chi connectivity index (χ2v) is 9.82. The molecule has 2 N–H and O–H groups in total. The molecule has 3 amide bonds. The standard InChI is InChI=1S/C22H27N3O3S/c1-12-7-8-15-14(11-12)22(21(28)23-15)18-17(16(24-22)9-10-29-2)19(26)25(20(18)27)13-5-3-4-6-13/h7-8,11,13,16-18,24H,3-6,9-10H2,1-2H3,(H,23,28)/t16-,17-,18+,22-/m1/s1. The van der Waals surface area contributed by atoms with Crippen LogP contribution in [0.2, 0.25) is 0 Å². The Kier molecular flexibility index (Phi) is 4.51. The first-order chi connectivity index (χ1) is 14.0. The number of anilines is 1. The van der Waals surface area contributed by atoms with Crippen molar-refractivity contribution in [2.24, 2.45) is 11.8 Å². The molecule has 1 spiro atoms. The summed E-state index contributed by atoms with van der Waals surface area (Å²) in [4.78, 5) is 42.1. The van der Waals surface area contributed by atoms with E-state index in [0.29, 0.717) is 0 Å². The second-order valence-electron chi connectivity index (χ2n) is 8.83. The summed E-state index contributed by atoms with van der Waals surface area (Å²) in [6, 6.07) is 5.68. The fourth-order valence-corrected chi connectivity index (χ4v) is 6.44. The highest BCUT2D eigenvalue weighted by Gasteiger charge is 2.70. The van der Waals surface area contributed by atoms with E-state index in [1.807, 2.05) is 31.4 Å². The highest BCUT2D eigenvalue weighted by atomic mass is 32.2. The lowest BCUT2D eigenvalue weighted by molar-refractivity contribution is -0.145. The molecule has 7 heteroatoms. The summed E-state index contributed by atoms with van der Waals surface area (Å²) < 4.78 is 0. The normalized spacial score (nSPS) is 33.7. The van der Waals surface area contributed by atoms with Gasteiger partial charge in [0.15, 0.2) is 0 Å². The number of hydrogen-bond acceptors (Lipinski definition) is 5. The first kappa shape index (κ1) is 19.1. The van der Waals surface area contributed by atoms with Gasteiger partial charge in [-0.15, -0.1) is 0 Å². The minimum absolute atomic E-state index is 0.000273. The maximum absolute atomic E-state index is 13.7. The van der Waals surface area contributed by atoms with E-state index in [1.54, 1.807) is 11.8 Å². The van der Waals surface area contributed by atoms with Gasteiger partial charge in [-0.3, -0.25) is 24.6 Å². The average molecular weight is 414 g/mol. The van der Waals surface area contributed by atoms with E-state index in [1.165, 1.54) is 4.90 Å². The number of carbonyl (C=O) groups is 3. The number of nitrogens with one attached hydrogen (secondary N) is 2. The zero-order chi connectivity index (χ0) is 20.3. The number of thioether (sulfide) groups is 1. The quantitative estimate of drug-likeness (QED) is 0.741. The van der Waals surface area contributed by atoms with Crippen LogP contribution in [0.4, 0.5) is 5.69 Å². The van der Waals surface area contributed by atoms with E-state index in [-0.39, 0.29) is 29.8 Å². The zero-order valence-electron chi connectivity index (χ0n) is 16.9. The molecule has 1 saturated carbocycles.